The van der Waals surface area contributed by atoms with Crippen LogP contribution in [0.5, 0.6) is 0 Å². The average Bonchev–Trinajstić information content (AvgIpc) is 3.62. The molecule has 12 rings (SSSR count). The van der Waals surface area contributed by atoms with E-state index in [2.05, 4.69) is 211 Å². The number of benzene rings is 9. The predicted octanol–water partition coefficient (Wildman–Crippen LogP) is 16.5. The van der Waals surface area contributed by atoms with Crippen molar-refractivity contribution in [2.24, 2.45) is 0 Å². The van der Waals surface area contributed by atoms with Gasteiger partial charge in [0.1, 0.15) is 0 Å². The quantitative estimate of drug-likeness (QED) is 0.165. The molecule has 61 heavy (non-hydrogen) atoms. The second-order valence-corrected chi connectivity index (χ2v) is 18.0. The summed E-state index contributed by atoms with van der Waals surface area (Å²) in [5.41, 5.74) is 17.7. The van der Waals surface area contributed by atoms with Crippen LogP contribution in [0.15, 0.2) is 216 Å². The van der Waals surface area contributed by atoms with Gasteiger partial charge in [-0.3, -0.25) is 0 Å². The molecule has 0 bridgehead atoms. The molecular weight excluding hydrogens is 755 g/mol. The van der Waals surface area contributed by atoms with Gasteiger partial charge in [0.15, 0.2) is 0 Å². The van der Waals surface area contributed by atoms with Crippen LogP contribution >= 0.6 is 11.8 Å². The zero-order valence-corrected chi connectivity index (χ0v) is 34.9. The van der Waals surface area contributed by atoms with Crippen LogP contribution in [0.3, 0.4) is 0 Å². The third-order valence-electron chi connectivity index (χ3n) is 13.8. The largest absolute Gasteiger partial charge is 0.310 e. The smallest absolute Gasteiger partial charge is 0.0736 e. The van der Waals surface area contributed by atoms with Crippen molar-refractivity contribution < 1.29 is 0 Å². The van der Waals surface area contributed by atoms with E-state index in [1.165, 1.54) is 131 Å². The van der Waals surface area contributed by atoms with Gasteiger partial charge < -0.3 is 4.90 Å². The van der Waals surface area contributed by atoms with Gasteiger partial charge in [-0.05, 0) is 122 Å². The molecule has 0 N–H and O–H groups in total. The van der Waals surface area contributed by atoms with Crippen LogP contribution in [0.1, 0.15) is 65.8 Å². The van der Waals surface area contributed by atoms with Crippen LogP contribution in [-0.4, -0.2) is 0 Å². The van der Waals surface area contributed by atoms with Gasteiger partial charge in [0.2, 0.25) is 0 Å². The van der Waals surface area contributed by atoms with Crippen LogP contribution in [0, 0.1) is 0 Å². The SMILES string of the molecule is c1ccc(-c2ccc(-c3ccccc3N(c3ccc4c(c3)C3(c5ccccc5Sc5ccccc53)c3ccccc3-4)c3ccccc3C3CCCCC3)c3ccccc23)cc1. The van der Waals surface area contributed by atoms with Gasteiger partial charge in [0.25, 0.3) is 0 Å². The lowest BCUT2D eigenvalue weighted by Gasteiger charge is -2.40. The summed E-state index contributed by atoms with van der Waals surface area (Å²) < 4.78 is 0. The maximum absolute atomic E-state index is 2.62. The molecule has 2 aliphatic carbocycles. The molecule has 1 spiro atoms. The van der Waals surface area contributed by atoms with Crippen LogP contribution in [0.2, 0.25) is 0 Å². The maximum Gasteiger partial charge on any atom is 0.0736 e. The number of hydrogen-bond donors (Lipinski definition) is 0. The highest BCUT2D eigenvalue weighted by atomic mass is 32.2. The molecule has 0 saturated heterocycles. The minimum absolute atomic E-state index is 0.460. The van der Waals surface area contributed by atoms with Gasteiger partial charge in [-0.2, -0.15) is 0 Å². The molecule has 1 saturated carbocycles. The van der Waals surface area contributed by atoms with Gasteiger partial charge in [-0.25, -0.2) is 0 Å². The molecule has 0 aromatic heterocycles. The molecule has 0 radical (unpaired) electrons. The fourth-order valence-electron chi connectivity index (χ4n) is 11.1. The van der Waals surface area contributed by atoms with E-state index in [0.29, 0.717) is 5.92 Å². The Labute approximate surface area is 363 Å². The van der Waals surface area contributed by atoms with E-state index < -0.39 is 5.41 Å². The average molecular weight is 800 g/mol. The summed E-state index contributed by atoms with van der Waals surface area (Å²) in [6.07, 6.45) is 6.35. The van der Waals surface area contributed by atoms with Crippen molar-refractivity contribution in [3.8, 4) is 33.4 Å². The lowest BCUT2D eigenvalue weighted by molar-refractivity contribution is 0.444. The highest BCUT2D eigenvalue weighted by Crippen LogP contribution is 2.63. The lowest BCUT2D eigenvalue weighted by atomic mass is 9.67. The molecule has 9 aromatic carbocycles. The molecule has 1 fully saturated rings. The van der Waals surface area contributed by atoms with E-state index in [1.807, 2.05) is 11.8 Å². The number of hydrogen-bond acceptors (Lipinski definition) is 2. The van der Waals surface area contributed by atoms with Crippen LogP contribution in [0.4, 0.5) is 17.1 Å². The number of para-hydroxylation sites is 2. The van der Waals surface area contributed by atoms with Crippen molar-refractivity contribution in [2.75, 3.05) is 4.90 Å². The Morgan fingerprint density at radius 2 is 0.934 bits per heavy atom. The Bertz CT molecular complexity index is 3070. The third-order valence-corrected chi connectivity index (χ3v) is 14.9. The first-order chi connectivity index (χ1) is 30.3. The zero-order chi connectivity index (χ0) is 40.3. The first kappa shape index (κ1) is 36.3. The molecule has 0 amide bonds. The van der Waals surface area contributed by atoms with Crippen LogP contribution in [-0.2, 0) is 5.41 Å². The zero-order valence-electron chi connectivity index (χ0n) is 34.1. The van der Waals surface area contributed by atoms with Crippen molar-refractivity contribution >= 4 is 39.6 Å². The fraction of sp³-hybridized carbons (Fsp3) is 0.119. The van der Waals surface area contributed by atoms with Crippen molar-refractivity contribution in [3.05, 3.63) is 234 Å². The minimum atomic E-state index is -0.460. The van der Waals surface area contributed by atoms with E-state index in [4.69, 9.17) is 0 Å². The number of rotatable bonds is 6. The summed E-state index contributed by atoms with van der Waals surface area (Å²) >= 11 is 1.90. The topological polar surface area (TPSA) is 3.24 Å². The summed E-state index contributed by atoms with van der Waals surface area (Å²) in [7, 11) is 0. The highest BCUT2D eigenvalue weighted by Gasteiger charge is 2.50. The fourth-order valence-corrected chi connectivity index (χ4v) is 12.3. The molecule has 1 aliphatic heterocycles. The molecule has 1 heterocycles. The normalized spacial score (nSPS) is 14.9. The summed E-state index contributed by atoms with van der Waals surface area (Å²) in [4.78, 5) is 5.26. The molecule has 2 heteroatoms. The van der Waals surface area contributed by atoms with Gasteiger partial charge in [-0.15, -0.1) is 0 Å². The monoisotopic (exact) mass is 799 g/mol. The summed E-state index contributed by atoms with van der Waals surface area (Å²) in [5.74, 6) is 0.518. The Balaban J connectivity index is 1.13. The summed E-state index contributed by atoms with van der Waals surface area (Å²) in [6, 6.07) is 77.7. The molecule has 3 aliphatic rings. The Kier molecular flexibility index (Phi) is 8.82. The minimum Gasteiger partial charge on any atom is -0.310 e. The second kappa shape index (κ2) is 14.8. The summed E-state index contributed by atoms with van der Waals surface area (Å²) in [5, 5.41) is 2.52. The van der Waals surface area contributed by atoms with Crippen LogP contribution in [0.25, 0.3) is 44.2 Å². The van der Waals surface area contributed by atoms with E-state index in [1.54, 1.807) is 0 Å². The van der Waals surface area contributed by atoms with E-state index in [-0.39, 0.29) is 0 Å². The second-order valence-electron chi connectivity index (χ2n) is 16.9. The number of nitrogens with zero attached hydrogens (tertiary/aromatic N) is 1. The van der Waals surface area contributed by atoms with Gasteiger partial charge in [0, 0.05) is 26.7 Å². The molecular formula is C59H45NS. The third kappa shape index (κ3) is 5.69. The van der Waals surface area contributed by atoms with Crippen LogP contribution < -0.4 is 4.90 Å². The maximum atomic E-state index is 2.62. The van der Waals surface area contributed by atoms with Crippen molar-refractivity contribution in [1.82, 2.24) is 0 Å². The van der Waals surface area contributed by atoms with E-state index in [0.717, 1.165) is 0 Å². The van der Waals surface area contributed by atoms with E-state index in [9.17, 15) is 0 Å². The van der Waals surface area contributed by atoms with Crippen molar-refractivity contribution in [2.45, 2.75) is 53.2 Å². The lowest BCUT2D eigenvalue weighted by Crippen LogP contribution is -2.32. The van der Waals surface area contributed by atoms with Gasteiger partial charge >= 0.3 is 0 Å². The molecule has 0 atom stereocenters. The molecule has 9 aromatic rings. The van der Waals surface area contributed by atoms with Gasteiger partial charge in [-0.1, -0.05) is 201 Å². The molecule has 1 nitrogen and oxygen atoms in total. The van der Waals surface area contributed by atoms with Gasteiger partial charge in [0.05, 0.1) is 11.1 Å². The Hall–Kier alpha value is -6.61. The molecule has 0 unspecified atom stereocenters. The van der Waals surface area contributed by atoms with E-state index >= 15 is 0 Å². The number of fused-ring (bicyclic) bond motifs is 10. The van der Waals surface area contributed by atoms with Crippen molar-refractivity contribution in [3.63, 3.8) is 0 Å². The van der Waals surface area contributed by atoms with Crippen molar-refractivity contribution in [1.29, 1.82) is 0 Å². The summed E-state index contributed by atoms with van der Waals surface area (Å²) in [6.45, 7) is 0. The molecule has 292 valence electrons. The first-order valence-electron chi connectivity index (χ1n) is 22.0. The Morgan fingerprint density at radius 3 is 1.69 bits per heavy atom. The first-order valence-corrected chi connectivity index (χ1v) is 22.8. The standard InChI is InChI=1S/C59H45NS/c1-3-19-40(20-4-1)43-37-38-47(46-25-8-7-24-45(43)46)50-27-11-16-32-56(50)60(55-31-15-10-23-44(55)41-21-5-2-6-22-41)42-35-36-49-48-26-9-12-28-51(48)59(54(49)39-42)52-29-13-17-33-57(52)61-58-34-18-14-30-53(58)59/h1,3-4,7-20,23-39,41H,2,5-6,21-22H2. The predicted molar refractivity (Wildman–Crippen MR) is 257 cm³/mol. The Morgan fingerprint density at radius 1 is 0.393 bits per heavy atom. The highest BCUT2D eigenvalue weighted by molar-refractivity contribution is 7.99. The number of anilines is 3.